The van der Waals surface area contributed by atoms with Crippen LogP contribution in [0.4, 0.5) is 5.69 Å². The molecule has 0 spiro atoms. The molecule has 0 aliphatic carbocycles. The van der Waals surface area contributed by atoms with Crippen LogP contribution in [0.25, 0.3) is 6.08 Å². The summed E-state index contributed by atoms with van der Waals surface area (Å²) >= 11 is 1.32. The lowest BCUT2D eigenvalue weighted by atomic mass is 9.95. The first-order chi connectivity index (χ1) is 16.1. The van der Waals surface area contributed by atoms with Gasteiger partial charge in [0, 0.05) is 38.1 Å². The van der Waals surface area contributed by atoms with Gasteiger partial charge in [-0.1, -0.05) is 23.5 Å². The zero-order valence-electron chi connectivity index (χ0n) is 20.5. The Hall–Kier alpha value is -3.46. The SMILES string of the molecule is CCOC(=O)C1=C(C)N=c2s/c(=C/c3c(C)nn(C)c3C)c(=O)n2[C@H]1c1ccc(N(C)C)cc1. The standard InChI is InChI=1S/C25H29N5O3S/c1-8-33-24(32)21-15(3)26-25-30(22(21)17-9-11-18(12-10-17)28(5)6)23(31)20(34-25)13-19-14(2)27-29(7)16(19)4/h9-13,22H,8H2,1-7H3/b20-13+/t22-/m0/s1. The lowest BCUT2D eigenvalue weighted by Gasteiger charge is -2.25. The molecule has 0 amide bonds. The van der Waals surface area contributed by atoms with Crippen molar-refractivity contribution in [2.45, 2.75) is 33.7 Å². The molecule has 178 valence electrons. The monoisotopic (exact) mass is 479 g/mol. The second-order valence-electron chi connectivity index (χ2n) is 8.50. The molecule has 0 bridgehead atoms. The highest BCUT2D eigenvalue weighted by Crippen LogP contribution is 2.31. The summed E-state index contributed by atoms with van der Waals surface area (Å²) in [6.45, 7) is 7.70. The topological polar surface area (TPSA) is 81.7 Å². The molecule has 8 nitrogen and oxygen atoms in total. The van der Waals surface area contributed by atoms with Crippen LogP contribution in [0, 0.1) is 13.8 Å². The number of aryl methyl sites for hydroxylation is 2. The minimum absolute atomic E-state index is 0.192. The van der Waals surface area contributed by atoms with Gasteiger partial charge >= 0.3 is 5.97 Å². The highest BCUT2D eigenvalue weighted by atomic mass is 32.1. The Morgan fingerprint density at radius 1 is 1.21 bits per heavy atom. The lowest BCUT2D eigenvalue weighted by Crippen LogP contribution is -2.40. The van der Waals surface area contributed by atoms with Gasteiger partial charge in [0.25, 0.3) is 5.56 Å². The van der Waals surface area contributed by atoms with Gasteiger partial charge in [-0.3, -0.25) is 14.0 Å². The van der Waals surface area contributed by atoms with Crippen molar-refractivity contribution in [2.75, 3.05) is 25.6 Å². The van der Waals surface area contributed by atoms with Gasteiger partial charge in [-0.15, -0.1) is 0 Å². The fourth-order valence-electron chi connectivity index (χ4n) is 4.19. The Balaban J connectivity index is 1.96. The van der Waals surface area contributed by atoms with E-state index < -0.39 is 12.0 Å². The number of carbonyl (C=O) groups is 1. The molecule has 0 radical (unpaired) electrons. The summed E-state index contributed by atoms with van der Waals surface area (Å²) in [4.78, 5) is 33.9. The number of benzene rings is 1. The largest absolute Gasteiger partial charge is 0.463 e. The number of esters is 1. The molecular formula is C25H29N5O3S. The van der Waals surface area contributed by atoms with Gasteiger partial charge in [-0.2, -0.15) is 5.10 Å². The first-order valence-electron chi connectivity index (χ1n) is 11.1. The Bertz CT molecular complexity index is 1470. The van der Waals surface area contributed by atoms with E-state index in [0.717, 1.165) is 28.2 Å². The van der Waals surface area contributed by atoms with E-state index in [0.29, 0.717) is 20.6 Å². The van der Waals surface area contributed by atoms with Gasteiger partial charge in [0.15, 0.2) is 4.80 Å². The van der Waals surface area contributed by atoms with Crippen LogP contribution < -0.4 is 19.8 Å². The zero-order chi connectivity index (χ0) is 24.7. The number of rotatable bonds is 5. The van der Waals surface area contributed by atoms with Crippen LogP contribution in [-0.2, 0) is 16.6 Å². The van der Waals surface area contributed by atoms with Crippen LogP contribution in [0.2, 0.25) is 0 Å². The molecular weight excluding hydrogens is 450 g/mol. The molecule has 3 aromatic rings. The van der Waals surface area contributed by atoms with Gasteiger partial charge in [-0.25, -0.2) is 9.79 Å². The molecule has 2 aromatic heterocycles. The lowest BCUT2D eigenvalue weighted by molar-refractivity contribution is -0.139. The molecule has 34 heavy (non-hydrogen) atoms. The zero-order valence-corrected chi connectivity index (χ0v) is 21.4. The maximum atomic E-state index is 13.7. The summed E-state index contributed by atoms with van der Waals surface area (Å²) in [5.74, 6) is -0.460. The van der Waals surface area contributed by atoms with Crippen LogP contribution in [0.1, 0.15) is 42.4 Å². The quantitative estimate of drug-likeness (QED) is 0.524. The number of allylic oxidation sites excluding steroid dienone is 1. The molecule has 1 atom stereocenters. The number of ether oxygens (including phenoxy) is 1. The average Bonchev–Trinajstić information content (AvgIpc) is 3.22. The van der Waals surface area contributed by atoms with Gasteiger partial charge in [0.1, 0.15) is 0 Å². The normalized spacial score (nSPS) is 15.9. The van der Waals surface area contributed by atoms with Gasteiger partial charge in [0.2, 0.25) is 0 Å². The fourth-order valence-corrected chi connectivity index (χ4v) is 5.22. The highest BCUT2D eigenvalue weighted by Gasteiger charge is 2.33. The number of aromatic nitrogens is 3. The molecule has 0 saturated carbocycles. The molecule has 4 rings (SSSR count). The summed E-state index contributed by atoms with van der Waals surface area (Å²) in [7, 11) is 5.82. The van der Waals surface area contributed by atoms with Crippen LogP contribution in [0.3, 0.4) is 0 Å². The van der Waals surface area contributed by atoms with E-state index in [1.807, 2.05) is 70.2 Å². The molecule has 0 fully saturated rings. The van der Waals surface area contributed by atoms with Crippen molar-refractivity contribution in [3.63, 3.8) is 0 Å². The van der Waals surface area contributed by atoms with E-state index in [9.17, 15) is 9.59 Å². The molecule has 1 aromatic carbocycles. The predicted octanol–water partition coefficient (Wildman–Crippen LogP) is 2.21. The fraction of sp³-hybridized carbons (Fsp3) is 0.360. The molecule has 9 heteroatoms. The van der Waals surface area contributed by atoms with Crippen LogP contribution in [0.15, 0.2) is 45.3 Å². The van der Waals surface area contributed by atoms with Crippen molar-refractivity contribution >= 4 is 29.1 Å². The number of nitrogens with zero attached hydrogens (tertiary/aromatic N) is 5. The highest BCUT2D eigenvalue weighted by molar-refractivity contribution is 7.07. The average molecular weight is 480 g/mol. The van der Waals surface area contributed by atoms with E-state index in [1.165, 1.54) is 11.3 Å². The summed E-state index contributed by atoms with van der Waals surface area (Å²) < 4.78 is 9.32. The Morgan fingerprint density at radius 3 is 2.44 bits per heavy atom. The van der Waals surface area contributed by atoms with Gasteiger partial charge in [-0.05, 0) is 51.5 Å². The maximum absolute atomic E-state index is 13.7. The number of thiazole rings is 1. The van der Waals surface area contributed by atoms with Gasteiger partial charge in [0.05, 0.1) is 34.1 Å². The molecule has 0 N–H and O–H groups in total. The van der Waals surface area contributed by atoms with Crippen LogP contribution >= 0.6 is 11.3 Å². The van der Waals surface area contributed by atoms with Crippen molar-refractivity contribution in [1.82, 2.24) is 14.3 Å². The van der Waals surface area contributed by atoms with Crippen molar-refractivity contribution in [2.24, 2.45) is 12.0 Å². The van der Waals surface area contributed by atoms with E-state index in [1.54, 1.807) is 23.1 Å². The number of anilines is 1. The number of fused-ring (bicyclic) bond motifs is 1. The predicted molar refractivity (Wildman–Crippen MR) is 134 cm³/mol. The van der Waals surface area contributed by atoms with E-state index in [-0.39, 0.29) is 12.2 Å². The smallest absolute Gasteiger partial charge is 0.338 e. The third-order valence-electron chi connectivity index (χ3n) is 6.08. The number of carbonyl (C=O) groups excluding carboxylic acids is 1. The Labute approximate surface area is 202 Å². The molecule has 1 aliphatic rings. The summed E-state index contributed by atoms with van der Waals surface area (Å²) in [5, 5.41) is 4.46. The third kappa shape index (κ3) is 4.00. The van der Waals surface area contributed by atoms with Crippen molar-refractivity contribution < 1.29 is 9.53 Å². The van der Waals surface area contributed by atoms with E-state index >= 15 is 0 Å². The molecule has 3 heterocycles. The number of hydrogen-bond donors (Lipinski definition) is 0. The third-order valence-corrected chi connectivity index (χ3v) is 7.07. The molecule has 1 aliphatic heterocycles. The summed E-state index contributed by atoms with van der Waals surface area (Å²) in [5.41, 5.74) is 5.34. The molecule has 0 saturated heterocycles. The maximum Gasteiger partial charge on any atom is 0.338 e. The van der Waals surface area contributed by atoms with Gasteiger partial charge < -0.3 is 9.64 Å². The van der Waals surface area contributed by atoms with E-state index in [2.05, 4.69) is 10.1 Å². The van der Waals surface area contributed by atoms with Crippen LogP contribution in [-0.4, -0.2) is 41.0 Å². The van der Waals surface area contributed by atoms with Crippen molar-refractivity contribution in [3.8, 4) is 0 Å². The Morgan fingerprint density at radius 2 is 1.88 bits per heavy atom. The summed E-state index contributed by atoms with van der Waals surface area (Å²) in [6, 6.07) is 7.23. The van der Waals surface area contributed by atoms with E-state index in [4.69, 9.17) is 4.74 Å². The Kier molecular flexibility index (Phi) is 6.31. The first kappa shape index (κ1) is 23.7. The second-order valence-corrected chi connectivity index (χ2v) is 9.51. The van der Waals surface area contributed by atoms with Crippen LogP contribution in [0.5, 0.6) is 0 Å². The minimum atomic E-state index is -0.621. The number of hydrogen-bond acceptors (Lipinski definition) is 7. The molecule has 0 unspecified atom stereocenters. The second kappa shape index (κ2) is 9.06. The van der Waals surface area contributed by atoms with Crippen molar-refractivity contribution in [3.05, 3.63) is 77.7 Å². The van der Waals surface area contributed by atoms with Crippen molar-refractivity contribution in [1.29, 1.82) is 0 Å². The first-order valence-corrected chi connectivity index (χ1v) is 11.9. The minimum Gasteiger partial charge on any atom is -0.463 e. The summed E-state index contributed by atoms with van der Waals surface area (Å²) in [6.07, 6.45) is 1.87.